The summed E-state index contributed by atoms with van der Waals surface area (Å²) in [6.45, 7) is 4.60. The molecule has 1 rings (SSSR count). The fraction of sp³-hybridized carbons (Fsp3) is 0.800. The van der Waals surface area contributed by atoms with E-state index in [-0.39, 0.29) is 0 Å². The van der Waals surface area contributed by atoms with Gasteiger partial charge in [0.1, 0.15) is 10.0 Å². The van der Waals surface area contributed by atoms with Gasteiger partial charge in [-0.25, -0.2) is 0 Å². The molecule has 1 N–H and O–H groups in total. The van der Waals surface area contributed by atoms with Crippen molar-refractivity contribution in [2.24, 2.45) is 0 Å². The van der Waals surface area contributed by atoms with Gasteiger partial charge in [0, 0.05) is 32.6 Å². The summed E-state index contributed by atoms with van der Waals surface area (Å²) in [5.74, 6) is 0. The smallest absolute Gasteiger partial charge is 0.118 e. The van der Waals surface area contributed by atoms with Gasteiger partial charge in [-0.15, -0.1) is 21.5 Å². The molecule has 0 aliphatic carbocycles. The molecule has 0 saturated carbocycles. The lowest BCUT2D eigenvalue weighted by Crippen LogP contribution is -2.09. The Bertz CT molecular complexity index is 265. The first-order valence-corrected chi connectivity index (χ1v) is 6.22. The molecule has 0 atom stereocenters. The van der Waals surface area contributed by atoms with Crippen LogP contribution in [-0.2, 0) is 17.6 Å². The van der Waals surface area contributed by atoms with Crippen LogP contribution in [0, 0.1) is 0 Å². The van der Waals surface area contributed by atoms with E-state index in [1.165, 1.54) is 0 Å². The molecule has 0 amide bonds. The maximum atomic E-state index is 5.27. The first-order valence-electron chi connectivity index (χ1n) is 5.40. The van der Waals surface area contributed by atoms with Crippen molar-refractivity contribution in [3.05, 3.63) is 10.0 Å². The van der Waals surface area contributed by atoms with Crippen molar-refractivity contribution < 1.29 is 4.74 Å². The number of likely N-dealkylation sites (N-methyl/N-ethyl adjacent to an activating group) is 1. The monoisotopic (exact) mass is 229 g/mol. The highest BCUT2D eigenvalue weighted by Crippen LogP contribution is 2.11. The normalized spacial score (nSPS) is 10.8. The second-order valence-corrected chi connectivity index (χ2v) is 4.39. The third-order valence-corrected chi connectivity index (χ3v) is 3.02. The third kappa shape index (κ3) is 5.20. The summed E-state index contributed by atoms with van der Waals surface area (Å²) >= 11 is 1.71. The van der Waals surface area contributed by atoms with Gasteiger partial charge in [-0.2, -0.15) is 0 Å². The van der Waals surface area contributed by atoms with Crippen LogP contribution in [0.2, 0.25) is 0 Å². The molecule has 1 heterocycles. The van der Waals surface area contributed by atoms with E-state index >= 15 is 0 Å². The van der Waals surface area contributed by atoms with Crippen LogP contribution in [0.5, 0.6) is 0 Å². The van der Waals surface area contributed by atoms with Gasteiger partial charge in [0.05, 0.1) is 0 Å². The first kappa shape index (κ1) is 12.5. The molecule has 0 aliphatic rings. The highest BCUT2D eigenvalue weighted by atomic mass is 32.1. The zero-order chi connectivity index (χ0) is 10.9. The summed E-state index contributed by atoms with van der Waals surface area (Å²) in [5.41, 5.74) is 0. The summed E-state index contributed by atoms with van der Waals surface area (Å²) in [5, 5.41) is 13.6. The van der Waals surface area contributed by atoms with E-state index in [2.05, 4.69) is 15.5 Å². The van der Waals surface area contributed by atoms with E-state index in [0.29, 0.717) is 0 Å². The summed E-state index contributed by atoms with van der Waals surface area (Å²) < 4.78 is 5.27. The Morgan fingerprint density at radius 2 is 2.00 bits per heavy atom. The second kappa shape index (κ2) is 7.73. The van der Waals surface area contributed by atoms with Crippen molar-refractivity contribution in [2.45, 2.75) is 26.2 Å². The molecule has 15 heavy (non-hydrogen) atoms. The molecule has 1 aromatic rings. The van der Waals surface area contributed by atoms with Crippen LogP contribution >= 0.6 is 11.3 Å². The lowest BCUT2D eigenvalue weighted by Gasteiger charge is -1.97. The molecule has 0 spiro atoms. The number of aryl methyl sites for hydroxylation is 1. The van der Waals surface area contributed by atoms with E-state index in [1.54, 1.807) is 11.3 Å². The lowest BCUT2D eigenvalue weighted by molar-refractivity contribution is 0.145. The number of ether oxygens (including phenoxy) is 1. The number of rotatable bonds is 8. The number of hydrogen-bond acceptors (Lipinski definition) is 5. The maximum absolute atomic E-state index is 5.27. The SMILES string of the molecule is CCOCCCc1nnc(CCNC)s1. The molecule has 0 aromatic carbocycles. The zero-order valence-electron chi connectivity index (χ0n) is 9.45. The van der Waals surface area contributed by atoms with Gasteiger partial charge in [-0.3, -0.25) is 0 Å². The number of nitrogens with zero attached hydrogens (tertiary/aromatic N) is 2. The quantitative estimate of drug-likeness (QED) is 0.682. The van der Waals surface area contributed by atoms with E-state index in [0.717, 1.165) is 49.0 Å². The van der Waals surface area contributed by atoms with E-state index in [9.17, 15) is 0 Å². The van der Waals surface area contributed by atoms with Crippen molar-refractivity contribution in [1.29, 1.82) is 0 Å². The summed E-state index contributed by atoms with van der Waals surface area (Å²) in [6.07, 6.45) is 2.99. The van der Waals surface area contributed by atoms with Crippen LogP contribution in [0.4, 0.5) is 0 Å². The molecule has 0 fully saturated rings. The molecule has 0 bridgehead atoms. The first-order chi connectivity index (χ1) is 7.36. The molecular weight excluding hydrogens is 210 g/mol. The zero-order valence-corrected chi connectivity index (χ0v) is 10.3. The Morgan fingerprint density at radius 3 is 2.67 bits per heavy atom. The molecule has 0 radical (unpaired) electrons. The lowest BCUT2D eigenvalue weighted by atomic mass is 10.3. The molecule has 5 heteroatoms. The summed E-state index contributed by atoms with van der Waals surface area (Å²) in [6, 6.07) is 0. The average molecular weight is 229 g/mol. The minimum Gasteiger partial charge on any atom is -0.382 e. The average Bonchev–Trinajstić information content (AvgIpc) is 2.69. The molecule has 86 valence electrons. The van der Waals surface area contributed by atoms with E-state index in [1.807, 2.05) is 14.0 Å². The van der Waals surface area contributed by atoms with E-state index < -0.39 is 0 Å². The molecule has 1 aromatic heterocycles. The Hall–Kier alpha value is -0.520. The standard InChI is InChI=1S/C10H19N3OS/c1-3-14-8-4-5-9-12-13-10(15-9)6-7-11-2/h11H,3-8H2,1-2H3. The van der Waals surface area contributed by atoms with Crippen LogP contribution < -0.4 is 5.32 Å². The van der Waals surface area contributed by atoms with E-state index in [4.69, 9.17) is 4.74 Å². The summed E-state index contributed by atoms with van der Waals surface area (Å²) in [4.78, 5) is 0. The second-order valence-electron chi connectivity index (χ2n) is 3.24. The molecule has 0 unspecified atom stereocenters. The molecular formula is C10H19N3OS. The van der Waals surface area contributed by atoms with Crippen LogP contribution in [-0.4, -0.2) is 37.0 Å². The topological polar surface area (TPSA) is 47.0 Å². The van der Waals surface area contributed by atoms with Crippen LogP contribution in [0.25, 0.3) is 0 Å². The highest BCUT2D eigenvalue weighted by Gasteiger charge is 2.03. The largest absolute Gasteiger partial charge is 0.382 e. The predicted octanol–water partition coefficient (Wildman–Crippen LogP) is 1.27. The Kier molecular flexibility index (Phi) is 6.47. The van der Waals surface area contributed by atoms with Crippen molar-refractivity contribution in [3.8, 4) is 0 Å². The number of hydrogen-bond donors (Lipinski definition) is 1. The van der Waals surface area contributed by atoms with Gasteiger partial charge in [-0.1, -0.05) is 0 Å². The highest BCUT2D eigenvalue weighted by molar-refractivity contribution is 7.11. The summed E-state index contributed by atoms with van der Waals surface area (Å²) in [7, 11) is 1.95. The van der Waals surface area contributed by atoms with Gasteiger partial charge < -0.3 is 10.1 Å². The Labute approximate surface area is 95.1 Å². The van der Waals surface area contributed by atoms with Crippen molar-refractivity contribution in [1.82, 2.24) is 15.5 Å². The third-order valence-electron chi connectivity index (χ3n) is 1.98. The molecule has 0 aliphatic heterocycles. The van der Waals surface area contributed by atoms with Crippen molar-refractivity contribution in [3.63, 3.8) is 0 Å². The molecule has 0 saturated heterocycles. The molecule has 4 nitrogen and oxygen atoms in total. The van der Waals surface area contributed by atoms with Gasteiger partial charge in [0.25, 0.3) is 0 Å². The van der Waals surface area contributed by atoms with Crippen LogP contribution in [0.1, 0.15) is 23.4 Å². The number of nitrogens with one attached hydrogen (secondary N) is 1. The number of aromatic nitrogens is 2. The Balaban J connectivity index is 2.20. The van der Waals surface area contributed by atoms with Crippen LogP contribution in [0.3, 0.4) is 0 Å². The van der Waals surface area contributed by atoms with Gasteiger partial charge in [0.2, 0.25) is 0 Å². The van der Waals surface area contributed by atoms with Crippen molar-refractivity contribution in [2.75, 3.05) is 26.8 Å². The van der Waals surface area contributed by atoms with Gasteiger partial charge in [0.15, 0.2) is 0 Å². The maximum Gasteiger partial charge on any atom is 0.118 e. The van der Waals surface area contributed by atoms with Crippen LogP contribution in [0.15, 0.2) is 0 Å². The van der Waals surface area contributed by atoms with Gasteiger partial charge >= 0.3 is 0 Å². The minimum absolute atomic E-state index is 0.795. The van der Waals surface area contributed by atoms with Gasteiger partial charge in [-0.05, 0) is 20.4 Å². The minimum atomic E-state index is 0.795. The Morgan fingerprint density at radius 1 is 1.27 bits per heavy atom. The van der Waals surface area contributed by atoms with Crippen molar-refractivity contribution >= 4 is 11.3 Å². The fourth-order valence-electron chi connectivity index (χ4n) is 1.19. The fourth-order valence-corrected chi connectivity index (χ4v) is 2.08. The predicted molar refractivity (Wildman–Crippen MR) is 62.4 cm³/mol.